The minimum atomic E-state index is 0.148. The van der Waals surface area contributed by atoms with E-state index >= 15 is 0 Å². The lowest BCUT2D eigenvalue weighted by Gasteiger charge is -2.35. The van der Waals surface area contributed by atoms with Gasteiger partial charge >= 0.3 is 0 Å². The molecule has 2 amide bonds. The minimum absolute atomic E-state index is 0.148. The number of piperazine rings is 1. The molecule has 0 spiro atoms. The molecule has 4 nitrogen and oxygen atoms in total. The Morgan fingerprint density at radius 2 is 1.54 bits per heavy atom. The summed E-state index contributed by atoms with van der Waals surface area (Å²) < 4.78 is 0. The van der Waals surface area contributed by atoms with Gasteiger partial charge < -0.3 is 9.80 Å². The molecule has 5 heteroatoms. The largest absolute Gasteiger partial charge is 0.339 e. The van der Waals surface area contributed by atoms with Gasteiger partial charge in [0.2, 0.25) is 11.8 Å². The van der Waals surface area contributed by atoms with Crippen LogP contribution in [0.4, 0.5) is 0 Å². The summed E-state index contributed by atoms with van der Waals surface area (Å²) in [7, 11) is 0. The third kappa shape index (κ3) is 4.03. The van der Waals surface area contributed by atoms with E-state index in [4.69, 9.17) is 0 Å². The van der Waals surface area contributed by atoms with Gasteiger partial charge in [-0.15, -0.1) is 11.3 Å². The number of thiophene rings is 1. The zero-order valence-corrected chi connectivity index (χ0v) is 14.7. The van der Waals surface area contributed by atoms with Gasteiger partial charge in [0.25, 0.3) is 0 Å². The van der Waals surface area contributed by atoms with Gasteiger partial charge in [-0.3, -0.25) is 9.59 Å². The van der Waals surface area contributed by atoms with E-state index in [-0.39, 0.29) is 11.8 Å². The minimum Gasteiger partial charge on any atom is -0.339 e. The monoisotopic (exact) mass is 342 g/mol. The molecule has 1 aliphatic heterocycles. The fourth-order valence-electron chi connectivity index (χ4n) is 2.96. The zero-order valence-electron chi connectivity index (χ0n) is 13.9. The van der Waals surface area contributed by atoms with Gasteiger partial charge in [-0.2, -0.15) is 0 Å². The van der Waals surface area contributed by atoms with Crippen molar-refractivity contribution in [3.8, 4) is 0 Å². The third-order valence-corrected chi connectivity index (χ3v) is 5.37. The van der Waals surface area contributed by atoms with Crippen LogP contribution in [0.2, 0.25) is 0 Å². The van der Waals surface area contributed by atoms with E-state index in [9.17, 15) is 9.59 Å². The molecule has 0 radical (unpaired) electrons. The molecule has 2 aromatic rings. The Kier molecular flexibility index (Phi) is 5.30. The third-order valence-electron chi connectivity index (χ3n) is 4.49. The first kappa shape index (κ1) is 16.7. The highest BCUT2D eigenvalue weighted by Gasteiger charge is 2.24. The van der Waals surface area contributed by atoms with Crippen molar-refractivity contribution in [3.63, 3.8) is 0 Å². The van der Waals surface area contributed by atoms with Crippen molar-refractivity contribution in [2.24, 2.45) is 0 Å². The van der Waals surface area contributed by atoms with Crippen LogP contribution in [0.15, 0.2) is 41.8 Å². The average Bonchev–Trinajstić information content (AvgIpc) is 3.10. The van der Waals surface area contributed by atoms with E-state index in [1.165, 1.54) is 0 Å². The molecule has 126 valence electrons. The second-order valence-corrected chi connectivity index (χ2v) is 7.15. The quantitative estimate of drug-likeness (QED) is 0.857. The van der Waals surface area contributed by atoms with Crippen LogP contribution in [-0.2, 0) is 22.4 Å². The number of carbonyl (C=O) groups is 2. The summed E-state index contributed by atoms with van der Waals surface area (Å²) in [5, 5.41) is 1.99. The summed E-state index contributed by atoms with van der Waals surface area (Å²) in [6.07, 6.45) is 0.907. The first-order valence-electron chi connectivity index (χ1n) is 8.26. The lowest BCUT2D eigenvalue weighted by Crippen LogP contribution is -2.51. The number of hydrogen-bond acceptors (Lipinski definition) is 3. The molecule has 0 bridgehead atoms. The Morgan fingerprint density at radius 3 is 2.12 bits per heavy atom. The molecule has 24 heavy (non-hydrogen) atoms. The van der Waals surface area contributed by atoms with Gasteiger partial charge in [-0.25, -0.2) is 0 Å². The SMILES string of the molecule is Cc1ccccc1CC(=O)N1CCN(C(=O)Cc2cccs2)CC1. The molecule has 1 fully saturated rings. The highest BCUT2D eigenvalue weighted by atomic mass is 32.1. The van der Waals surface area contributed by atoms with Gasteiger partial charge in [0.1, 0.15) is 0 Å². The first-order chi connectivity index (χ1) is 11.6. The van der Waals surface area contributed by atoms with Gasteiger partial charge in [0, 0.05) is 31.1 Å². The Hall–Kier alpha value is -2.14. The summed E-state index contributed by atoms with van der Waals surface area (Å²) in [5.41, 5.74) is 2.23. The van der Waals surface area contributed by atoms with Crippen LogP contribution in [0.3, 0.4) is 0 Å². The molecule has 0 unspecified atom stereocenters. The van der Waals surface area contributed by atoms with Crippen LogP contribution in [0.5, 0.6) is 0 Å². The Bertz CT molecular complexity index is 704. The number of amides is 2. The summed E-state index contributed by atoms with van der Waals surface area (Å²) in [6, 6.07) is 12.0. The fraction of sp³-hybridized carbons (Fsp3) is 0.368. The molecule has 1 aromatic heterocycles. The average molecular weight is 342 g/mol. The van der Waals surface area contributed by atoms with Gasteiger partial charge in [-0.1, -0.05) is 30.3 Å². The van der Waals surface area contributed by atoms with Crippen molar-refractivity contribution in [1.82, 2.24) is 9.80 Å². The molecular weight excluding hydrogens is 320 g/mol. The standard InChI is InChI=1S/C19H22N2O2S/c1-15-5-2-3-6-16(15)13-18(22)20-8-10-21(11-9-20)19(23)14-17-7-4-12-24-17/h2-7,12H,8-11,13-14H2,1H3. The molecule has 3 rings (SSSR count). The predicted molar refractivity (Wildman–Crippen MR) is 96.1 cm³/mol. The van der Waals surface area contributed by atoms with Gasteiger partial charge in [0.05, 0.1) is 12.8 Å². The van der Waals surface area contributed by atoms with Crippen molar-refractivity contribution >= 4 is 23.2 Å². The predicted octanol–water partition coefficient (Wildman–Crippen LogP) is 2.51. The smallest absolute Gasteiger partial charge is 0.227 e. The molecule has 0 N–H and O–H groups in total. The molecule has 2 heterocycles. The van der Waals surface area contributed by atoms with Crippen molar-refractivity contribution < 1.29 is 9.59 Å². The second kappa shape index (κ2) is 7.62. The topological polar surface area (TPSA) is 40.6 Å². The summed E-state index contributed by atoms with van der Waals surface area (Å²) in [6.45, 7) is 4.54. The molecule has 0 aliphatic carbocycles. The maximum absolute atomic E-state index is 12.5. The zero-order chi connectivity index (χ0) is 16.9. The van der Waals surface area contributed by atoms with Gasteiger partial charge in [0.15, 0.2) is 0 Å². The lowest BCUT2D eigenvalue weighted by atomic mass is 10.1. The van der Waals surface area contributed by atoms with Crippen LogP contribution < -0.4 is 0 Å². The van der Waals surface area contributed by atoms with E-state index < -0.39 is 0 Å². The number of benzene rings is 1. The lowest BCUT2D eigenvalue weighted by molar-refractivity contribution is -0.138. The van der Waals surface area contributed by atoms with Crippen molar-refractivity contribution in [1.29, 1.82) is 0 Å². The van der Waals surface area contributed by atoms with Crippen molar-refractivity contribution in [2.75, 3.05) is 26.2 Å². The Balaban J connectivity index is 1.50. The highest BCUT2D eigenvalue weighted by molar-refractivity contribution is 7.10. The van der Waals surface area contributed by atoms with Crippen molar-refractivity contribution in [2.45, 2.75) is 19.8 Å². The van der Waals surface area contributed by atoms with Gasteiger partial charge in [-0.05, 0) is 29.5 Å². The van der Waals surface area contributed by atoms with E-state index in [0.717, 1.165) is 16.0 Å². The summed E-state index contributed by atoms with van der Waals surface area (Å²) >= 11 is 1.61. The molecule has 1 aliphatic rings. The van der Waals surface area contributed by atoms with Crippen molar-refractivity contribution in [3.05, 3.63) is 57.8 Å². The summed E-state index contributed by atoms with van der Waals surface area (Å²) in [5.74, 6) is 0.304. The number of rotatable bonds is 4. The maximum atomic E-state index is 12.5. The fourth-order valence-corrected chi connectivity index (χ4v) is 3.66. The van der Waals surface area contributed by atoms with E-state index in [0.29, 0.717) is 39.0 Å². The number of carbonyl (C=O) groups excluding carboxylic acids is 2. The summed E-state index contributed by atoms with van der Waals surface area (Å²) in [4.78, 5) is 29.6. The molecule has 0 atom stereocenters. The van der Waals surface area contributed by atoms with Crippen LogP contribution in [0, 0.1) is 6.92 Å². The normalized spacial score (nSPS) is 14.7. The Labute approximate surface area is 146 Å². The van der Waals surface area contributed by atoms with E-state index in [2.05, 4.69) is 0 Å². The Morgan fingerprint density at radius 1 is 0.917 bits per heavy atom. The number of aryl methyl sites for hydroxylation is 1. The van der Waals surface area contributed by atoms with E-state index in [1.54, 1.807) is 11.3 Å². The molecule has 1 saturated heterocycles. The maximum Gasteiger partial charge on any atom is 0.227 e. The number of hydrogen-bond donors (Lipinski definition) is 0. The number of nitrogens with zero attached hydrogens (tertiary/aromatic N) is 2. The highest BCUT2D eigenvalue weighted by Crippen LogP contribution is 2.13. The first-order valence-corrected chi connectivity index (χ1v) is 9.14. The molecule has 1 aromatic carbocycles. The second-order valence-electron chi connectivity index (χ2n) is 6.12. The molecular formula is C19H22N2O2S. The van der Waals surface area contributed by atoms with Crippen LogP contribution in [-0.4, -0.2) is 47.8 Å². The van der Waals surface area contributed by atoms with Crippen LogP contribution in [0.25, 0.3) is 0 Å². The van der Waals surface area contributed by atoms with Crippen LogP contribution >= 0.6 is 11.3 Å². The van der Waals surface area contributed by atoms with E-state index in [1.807, 2.05) is 58.5 Å². The molecule has 0 saturated carbocycles. The van der Waals surface area contributed by atoms with Crippen LogP contribution in [0.1, 0.15) is 16.0 Å².